The number of rotatable bonds is 9. The van der Waals surface area contributed by atoms with Gasteiger partial charge in [-0.05, 0) is 66.4 Å². The zero-order valence-electron chi connectivity index (χ0n) is 22.2. The number of sulfone groups is 1. The minimum absolute atomic E-state index is 0.207. The number of para-hydroxylation sites is 1. The molecule has 0 saturated carbocycles. The largest absolute Gasteiger partial charge is 0.483 e. The number of carbonyl (C=O) groups is 1. The first-order valence-electron chi connectivity index (χ1n) is 13.1. The third-order valence-corrected chi connectivity index (χ3v) is 8.17. The Morgan fingerprint density at radius 3 is 2.48 bits per heavy atom. The number of hydrogen-bond donors (Lipinski definition) is 2. The van der Waals surface area contributed by atoms with E-state index in [1.54, 1.807) is 30.5 Å². The Kier molecular flexibility index (Phi) is 8.18. The maximum atomic E-state index is 12.7. The summed E-state index contributed by atoms with van der Waals surface area (Å²) in [7, 11) is -3.30. The number of nitrogens with zero attached hydrogens (tertiary/aromatic N) is 3. The quantitative estimate of drug-likeness (QED) is 0.316. The van der Waals surface area contributed by atoms with Gasteiger partial charge in [-0.3, -0.25) is 4.57 Å². The molecule has 9 nitrogen and oxygen atoms in total. The smallest absolute Gasteiger partial charge is 0.326 e. The summed E-state index contributed by atoms with van der Waals surface area (Å²) < 4.78 is 30.8. The van der Waals surface area contributed by atoms with Crippen molar-refractivity contribution < 1.29 is 23.1 Å². The lowest BCUT2D eigenvalue weighted by Gasteiger charge is -2.18. The molecular weight excluding hydrogens is 528 g/mol. The molecule has 3 aromatic carbocycles. The molecule has 2 N–H and O–H groups in total. The summed E-state index contributed by atoms with van der Waals surface area (Å²) in [6.07, 6.45) is 4.72. The number of amides is 1. The molecule has 0 spiro atoms. The number of anilines is 1. The third kappa shape index (κ3) is 6.52. The molecule has 5 rings (SSSR count). The van der Waals surface area contributed by atoms with Crippen LogP contribution in [0.1, 0.15) is 18.1 Å². The fraction of sp³-hybridized carbons (Fsp3) is 0.267. The Bertz CT molecular complexity index is 1540. The monoisotopic (exact) mass is 560 g/mol. The number of ether oxygens (including phenoxy) is 1. The van der Waals surface area contributed by atoms with E-state index in [4.69, 9.17) is 4.74 Å². The van der Waals surface area contributed by atoms with E-state index in [1.165, 1.54) is 28.7 Å². The van der Waals surface area contributed by atoms with Crippen LogP contribution in [0.2, 0.25) is 0 Å². The minimum Gasteiger partial charge on any atom is -0.483 e. The van der Waals surface area contributed by atoms with Crippen LogP contribution in [-0.4, -0.2) is 61.6 Å². The zero-order valence-corrected chi connectivity index (χ0v) is 23.0. The van der Waals surface area contributed by atoms with Gasteiger partial charge in [-0.25, -0.2) is 18.2 Å². The van der Waals surface area contributed by atoms with Crippen molar-refractivity contribution in [1.29, 1.82) is 0 Å². The molecule has 208 valence electrons. The SMILES string of the molecule is CS(=O)(=O)c1ccc(C(CO)Oc2ccc(-c3cn(C(=O)NCC4CCN(c5ccccc5)C4)cn3)cc2)cc1. The van der Waals surface area contributed by atoms with Crippen molar-refractivity contribution in [1.82, 2.24) is 14.9 Å². The molecule has 1 fully saturated rings. The van der Waals surface area contributed by atoms with Gasteiger partial charge in [0.05, 0.1) is 17.2 Å². The molecule has 1 amide bonds. The molecule has 1 aromatic heterocycles. The van der Waals surface area contributed by atoms with Crippen LogP contribution >= 0.6 is 0 Å². The second-order valence-electron chi connectivity index (χ2n) is 9.94. The van der Waals surface area contributed by atoms with Crippen LogP contribution in [-0.2, 0) is 9.84 Å². The van der Waals surface area contributed by atoms with Gasteiger partial charge < -0.3 is 20.1 Å². The normalized spacial score (nSPS) is 16.1. The van der Waals surface area contributed by atoms with Crippen molar-refractivity contribution in [3.05, 3.63) is 97.0 Å². The Morgan fingerprint density at radius 2 is 1.80 bits per heavy atom. The molecule has 1 aliphatic rings. The molecule has 0 aliphatic carbocycles. The summed E-state index contributed by atoms with van der Waals surface area (Å²) in [5.74, 6) is 0.924. The van der Waals surface area contributed by atoms with E-state index in [1.807, 2.05) is 30.3 Å². The lowest BCUT2D eigenvalue weighted by atomic mass is 10.1. The highest BCUT2D eigenvalue weighted by Crippen LogP contribution is 2.26. The van der Waals surface area contributed by atoms with Gasteiger partial charge in [0.1, 0.15) is 18.2 Å². The number of benzene rings is 3. The van der Waals surface area contributed by atoms with Crippen LogP contribution in [0.15, 0.2) is 96.3 Å². The van der Waals surface area contributed by atoms with Crippen LogP contribution < -0.4 is 15.0 Å². The number of hydrogen-bond acceptors (Lipinski definition) is 7. The van der Waals surface area contributed by atoms with Crippen LogP contribution in [0.3, 0.4) is 0 Å². The van der Waals surface area contributed by atoms with Crippen molar-refractivity contribution in [2.75, 3.05) is 37.4 Å². The van der Waals surface area contributed by atoms with E-state index in [0.717, 1.165) is 31.3 Å². The van der Waals surface area contributed by atoms with E-state index in [0.29, 0.717) is 29.5 Å². The zero-order chi connectivity index (χ0) is 28.1. The number of aromatic nitrogens is 2. The lowest BCUT2D eigenvalue weighted by molar-refractivity contribution is 0.116. The average Bonchev–Trinajstić information content (AvgIpc) is 3.66. The Morgan fingerprint density at radius 1 is 1.07 bits per heavy atom. The minimum atomic E-state index is -3.30. The van der Waals surface area contributed by atoms with Crippen LogP contribution in [0.4, 0.5) is 10.5 Å². The molecule has 2 heterocycles. The molecule has 1 aliphatic heterocycles. The van der Waals surface area contributed by atoms with Gasteiger partial charge >= 0.3 is 6.03 Å². The summed E-state index contributed by atoms with van der Waals surface area (Å²) in [4.78, 5) is 19.7. The molecular formula is C30H32N4O5S. The van der Waals surface area contributed by atoms with E-state index < -0.39 is 15.9 Å². The number of imidazole rings is 1. The highest BCUT2D eigenvalue weighted by atomic mass is 32.2. The highest BCUT2D eigenvalue weighted by Gasteiger charge is 2.23. The van der Waals surface area contributed by atoms with Crippen molar-refractivity contribution >= 4 is 21.6 Å². The molecule has 4 aromatic rings. The van der Waals surface area contributed by atoms with Gasteiger partial charge in [0.15, 0.2) is 9.84 Å². The first-order chi connectivity index (χ1) is 19.3. The van der Waals surface area contributed by atoms with Crippen LogP contribution in [0, 0.1) is 5.92 Å². The van der Waals surface area contributed by atoms with Gasteiger partial charge in [-0.15, -0.1) is 0 Å². The van der Waals surface area contributed by atoms with Crippen LogP contribution in [0.5, 0.6) is 5.75 Å². The average molecular weight is 561 g/mol. The molecule has 2 unspecified atom stereocenters. The van der Waals surface area contributed by atoms with E-state index in [9.17, 15) is 18.3 Å². The van der Waals surface area contributed by atoms with E-state index in [-0.39, 0.29) is 17.5 Å². The summed E-state index contributed by atoms with van der Waals surface area (Å²) in [5, 5.41) is 12.9. The first kappa shape index (κ1) is 27.4. The molecule has 10 heteroatoms. The van der Waals surface area contributed by atoms with Gasteiger partial charge in [0.2, 0.25) is 0 Å². The standard InChI is InChI=1S/C30H32N4O5S/c1-40(37,38)27-13-9-24(10-14-27)29(20-35)39-26-11-7-23(8-12-26)28-19-34(21-32-28)30(36)31-17-22-15-16-33(18-22)25-5-3-2-4-6-25/h2-14,19,21-22,29,35H,15-18,20H2,1H3,(H,31,36). The summed E-state index contributed by atoms with van der Waals surface area (Å²) in [5.41, 5.74) is 3.33. The van der Waals surface area contributed by atoms with E-state index in [2.05, 4.69) is 27.3 Å². The lowest BCUT2D eigenvalue weighted by Crippen LogP contribution is -2.33. The number of nitrogens with one attached hydrogen (secondary N) is 1. The maximum Gasteiger partial charge on any atom is 0.326 e. The van der Waals surface area contributed by atoms with Crippen LogP contribution in [0.25, 0.3) is 11.3 Å². The van der Waals surface area contributed by atoms with Gasteiger partial charge in [0, 0.05) is 43.3 Å². The summed E-state index contributed by atoms with van der Waals surface area (Å²) in [6, 6.07) is 23.6. The van der Waals surface area contributed by atoms with Crippen molar-refractivity contribution in [2.45, 2.75) is 17.4 Å². The summed E-state index contributed by atoms with van der Waals surface area (Å²) >= 11 is 0. The summed E-state index contributed by atoms with van der Waals surface area (Å²) in [6.45, 7) is 2.22. The van der Waals surface area contributed by atoms with E-state index >= 15 is 0 Å². The van der Waals surface area contributed by atoms with Gasteiger partial charge in [-0.1, -0.05) is 30.3 Å². The van der Waals surface area contributed by atoms with Gasteiger partial charge in [-0.2, -0.15) is 0 Å². The second kappa shape index (κ2) is 11.9. The van der Waals surface area contributed by atoms with Crippen molar-refractivity contribution in [3.63, 3.8) is 0 Å². The fourth-order valence-electron chi connectivity index (χ4n) is 4.79. The number of carbonyl (C=O) groups excluding carboxylic acids is 1. The molecule has 0 radical (unpaired) electrons. The Hall–Kier alpha value is -4.15. The van der Waals surface area contributed by atoms with Gasteiger partial charge in [0.25, 0.3) is 0 Å². The molecule has 2 atom stereocenters. The number of aliphatic hydroxyl groups excluding tert-OH is 1. The Balaban J connectivity index is 1.15. The third-order valence-electron chi connectivity index (χ3n) is 7.04. The fourth-order valence-corrected chi connectivity index (χ4v) is 5.42. The highest BCUT2D eigenvalue weighted by molar-refractivity contribution is 7.90. The first-order valence-corrected chi connectivity index (χ1v) is 15.0. The molecule has 1 saturated heterocycles. The van der Waals surface area contributed by atoms with Crippen molar-refractivity contribution in [2.24, 2.45) is 5.92 Å². The predicted octanol–water partition coefficient (Wildman–Crippen LogP) is 4.15. The number of aliphatic hydroxyl groups is 1. The second-order valence-corrected chi connectivity index (χ2v) is 12.0. The maximum absolute atomic E-state index is 12.7. The topological polar surface area (TPSA) is 114 Å². The Labute approximate surface area is 234 Å². The predicted molar refractivity (Wildman–Crippen MR) is 153 cm³/mol. The van der Waals surface area contributed by atoms with Crippen molar-refractivity contribution in [3.8, 4) is 17.0 Å². The molecule has 40 heavy (non-hydrogen) atoms. The molecule has 0 bridgehead atoms.